The average molecular weight is 563 g/mol. The highest BCUT2D eigenvalue weighted by molar-refractivity contribution is 5.31. The molecule has 0 fully saturated rings. The molecule has 12 heteroatoms. The number of hydrogen-bond donors (Lipinski definition) is 0. The van der Waals surface area contributed by atoms with Gasteiger partial charge in [-0.3, -0.25) is 0 Å². The van der Waals surface area contributed by atoms with Crippen LogP contribution in [0, 0.1) is 37.3 Å². The van der Waals surface area contributed by atoms with Crippen molar-refractivity contribution in [3.8, 4) is 0 Å². The van der Waals surface area contributed by atoms with Crippen LogP contribution in [-0.4, -0.2) is 28.5 Å². The van der Waals surface area contributed by atoms with Crippen molar-refractivity contribution < 1.29 is 14.8 Å². The van der Waals surface area contributed by atoms with Crippen LogP contribution in [0.4, 0.5) is 17.5 Å². The van der Waals surface area contributed by atoms with Crippen LogP contribution in [0.1, 0.15) is 86.8 Å². The Bertz CT molecular complexity index is 1260. The van der Waals surface area contributed by atoms with E-state index in [4.69, 9.17) is 0 Å². The van der Waals surface area contributed by atoms with Crippen LogP contribution in [0.5, 0.6) is 0 Å². The lowest BCUT2D eigenvalue weighted by molar-refractivity contribution is -0.393. The smallest absolute Gasteiger partial charge is 0.323 e. The van der Waals surface area contributed by atoms with E-state index in [0.717, 1.165) is 17.1 Å². The SMILES string of the molecule is C.Cc1ccc([N+](=O)[O-])n1C(C)(C)C.Cn1c([N+](=O)[O-])ccc1C(C)(C)C.Cn1c([N+](=O)[O-])ccc1C(C)(C)C. The molecule has 0 unspecified atom stereocenters. The number of aryl methyl sites for hydroxylation is 1. The fourth-order valence-corrected chi connectivity index (χ4v) is 4.41. The van der Waals surface area contributed by atoms with Crippen molar-refractivity contribution in [1.29, 1.82) is 0 Å². The summed E-state index contributed by atoms with van der Waals surface area (Å²) in [6, 6.07) is 10.0. The molecule has 3 heterocycles. The zero-order valence-electron chi connectivity index (χ0n) is 25.1. The Labute approximate surface area is 237 Å². The third-order valence-corrected chi connectivity index (χ3v) is 6.01. The van der Waals surface area contributed by atoms with Gasteiger partial charge in [-0.2, -0.15) is 0 Å². The van der Waals surface area contributed by atoms with Gasteiger partial charge < -0.3 is 30.3 Å². The average Bonchev–Trinajstić information content (AvgIpc) is 3.43. The van der Waals surface area contributed by atoms with Crippen LogP contribution in [0.25, 0.3) is 0 Å². The van der Waals surface area contributed by atoms with Gasteiger partial charge in [0.15, 0.2) is 0 Å². The van der Waals surface area contributed by atoms with Gasteiger partial charge in [-0.05, 0) is 60.7 Å². The molecule has 12 nitrogen and oxygen atoms in total. The fraction of sp³-hybridized carbons (Fsp3) is 0.571. The van der Waals surface area contributed by atoms with E-state index in [0.29, 0.717) is 0 Å². The minimum atomic E-state index is -0.366. The van der Waals surface area contributed by atoms with Crippen molar-refractivity contribution in [1.82, 2.24) is 13.7 Å². The molecule has 40 heavy (non-hydrogen) atoms. The number of rotatable bonds is 3. The second-order valence-electron chi connectivity index (χ2n) is 12.4. The maximum Gasteiger partial charge on any atom is 0.323 e. The lowest BCUT2D eigenvalue weighted by Gasteiger charge is -2.18. The first-order chi connectivity index (χ1) is 17.5. The van der Waals surface area contributed by atoms with E-state index >= 15 is 0 Å². The third-order valence-electron chi connectivity index (χ3n) is 6.01. The molecule has 3 aromatic heterocycles. The Morgan fingerprint density at radius 3 is 1.05 bits per heavy atom. The van der Waals surface area contributed by atoms with Crippen molar-refractivity contribution in [3.63, 3.8) is 0 Å². The molecule has 0 spiro atoms. The molecule has 0 N–H and O–H groups in total. The van der Waals surface area contributed by atoms with E-state index in [2.05, 4.69) is 0 Å². The number of nitrogens with zero attached hydrogens (tertiary/aromatic N) is 6. The van der Waals surface area contributed by atoms with Crippen LogP contribution in [0.15, 0.2) is 36.4 Å². The molecule has 0 saturated carbocycles. The van der Waals surface area contributed by atoms with E-state index in [9.17, 15) is 30.3 Å². The van der Waals surface area contributed by atoms with E-state index < -0.39 is 0 Å². The zero-order chi connectivity index (χ0) is 30.7. The Balaban J connectivity index is 0.000000563. The molecule has 224 valence electrons. The van der Waals surface area contributed by atoms with E-state index in [1.807, 2.05) is 69.2 Å². The first kappa shape index (κ1) is 36.0. The standard InChI is InChI=1S/3C9H14N2O2.CH4/c2*1-9(2,3)7-5-6-8(10(7)4)11(12)13;1-7-5-6-8(11(12)13)10(7)9(2,3)4;/h3*5-6H,1-4H3;1H4. The molecule has 0 aliphatic carbocycles. The molecule has 3 rings (SSSR count). The Morgan fingerprint density at radius 2 is 0.875 bits per heavy atom. The van der Waals surface area contributed by atoms with Crippen LogP contribution in [-0.2, 0) is 30.5 Å². The van der Waals surface area contributed by atoms with Gasteiger partial charge in [0.1, 0.15) is 22.6 Å². The largest absolute Gasteiger partial charge is 0.358 e. The first-order valence-corrected chi connectivity index (χ1v) is 12.5. The first-order valence-electron chi connectivity index (χ1n) is 12.5. The lowest BCUT2D eigenvalue weighted by atomic mass is 9.92. The molecular formula is C28H46N6O6. The van der Waals surface area contributed by atoms with Crippen LogP contribution in [0.3, 0.4) is 0 Å². The molecule has 0 radical (unpaired) electrons. The fourth-order valence-electron chi connectivity index (χ4n) is 4.41. The summed E-state index contributed by atoms with van der Waals surface area (Å²) in [5, 5.41) is 31.8. The summed E-state index contributed by atoms with van der Waals surface area (Å²) in [6.45, 7) is 19.9. The summed E-state index contributed by atoms with van der Waals surface area (Å²) >= 11 is 0. The van der Waals surface area contributed by atoms with Gasteiger partial charge in [-0.1, -0.05) is 49.0 Å². The normalized spacial score (nSPS) is 11.4. The predicted molar refractivity (Wildman–Crippen MR) is 159 cm³/mol. The quantitative estimate of drug-likeness (QED) is 0.238. The zero-order valence-corrected chi connectivity index (χ0v) is 25.1. The lowest BCUT2D eigenvalue weighted by Crippen LogP contribution is -2.24. The van der Waals surface area contributed by atoms with Crippen molar-refractivity contribution in [2.24, 2.45) is 14.1 Å². The minimum absolute atomic E-state index is 0. The number of aromatic nitrogens is 3. The van der Waals surface area contributed by atoms with Gasteiger partial charge in [0.2, 0.25) is 0 Å². The Morgan fingerprint density at radius 1 is 0.575 bits per heavy atom. The number of hydrogen-bond acceptors (Lipinski definition) is 6. The third kappa shape index (κ3) is 8.78. The van der Waals surface area contributed by atoms with Crippen molar-refractivity contribution in [3.05, 3.63) is 83.8 Å². The highest BCUT2D eigenvalue weighted by Crippen LogP contribution is 2.28. The summed E-state index contributed by atoms with van der Waals surface area (Å²) in [5.74, 6) is 0.444. The van der Waals surface area contributed by atoms with Gasteiger partial charge in [0.25, 0.3) is 0 Å². The van der Waals surface area contributed by atoms with Crippen LogP contribution in [0.2, 0.25) is 0 Å². The predicted octanol–water partition coefficient (Wildman–Crippen LogP) is 7.56. The maximum absolute atomic E-state index is 10.7. The van der Waals surface area contributed by atoms with Crippen molar-refractivity contribution in [2.75, 3.05) is 0 Å². The summed E-state index contributed by atoms with van der Waals surface area (Å²) in [6.07, 6.45) is 0. The topological polar surface area (TPSA) is 144 Å². The monoisotopic (exact) mass is 562 g/mol. The van der Waals surface area contributed by atoms with E-state index in [1.165, 1.54) is 0 Å². The minimum Gasteiger partial charge on any atom is -0.358 e. The molecule has 3 aromatic rings. The summed E-state index contributed by atoms with van der Waals surface area (Å²) in [4.78, 5) is 30.7. The second kappa shape index (κ2) is 12.9. The second-order valence-corrected chi connectivity index (χ2v) is 12.4. The van der Waals surface area contributed by atoms with Crippen molar-refractivity contribution in [2.45, 2.75) is 93.0 Å². The summed E-state index contributed by atoms with van der Waals surface area (Å²) < 4.78 is 4.98. The van der Waals surface area contributed by atoms with Gasteiger partial charge in [0, 0.05) is 29.0 Å². The van der Waals surface area contributed by atoms with E-state index in [-0.39, 0.29) is 56.0 Å². The van der Waals surface area contributed by atoms with Gasteiger partial charge in [-0.15, -0.1) is 0 Å². The summed E-state index contributed by atoms with van der Waals surface area (Å²) in [5.41, 5.74) is 2.51. The van der Waals surface area contributed by atoms with Gasteiger partial charge in [0.05, 0.1) is 14.1 Å². The molecule has 0 bridgehead atoms. The summed E-state index contributed by atoms with van der Waals surface area (Å²) in [7, 11) is 3.44. The Hall–Kier alpha value is -3.96. The Kier molecular flexibility index (Phi) is 11.6. The maximum atomic E-state index is 10.7. The van der Waals surface area contributed by atoms with E-state index in [1.54, 1.807) is 64.2 Å². The highest BCUT2D eigenvalue weighted by atomic mass is 16.6. The molecule has 0 atom stereocenters. The van der Waals surface area contributed by atoms with Gasteiger partial charge >= 0.3 is 17.5 Å². The molecule has 0 aliphatic heterocycles. The highest BCUT2D eigenvalue weighted by Gasteiger charge is 2.27. The molecule has 0 aliphatic rings. The molecular weight excluding hydrogens is 516 g/mol. The van der Waals surface area contributed by atoms with Crippen LogP contribution < -0.4 is 0 Å². The molecule has 0 amide bonds. The molecule has 0 saturated heterocycles. The van der Waals surface area contributed by atoms with Crippen LogP contribution >= 0.6 is 0 Å². The molecule has 0 aromatic carbocycles. The van der Waals surface area contributed by atoms with Crippen molar-refractivity contribution >= 4 is 17.5 Å². The number of nitro groups is 3. The van der Waals surface area contributed by atoms with Gasteiger partial charge in [-0.25, -0.2) is 13.7 Å².